The molecule has 6 heteroatoms. The maximum absolute atomic E-state index is 10.1. The highest BCUT2D eigenvalue weighted by molar-refractivity contribution is 5.79. The zero-order valence-electron chi connectivity index (χ0n) is 16.7. The summed E-state index contributed by atoms with van der Waals surface area (Å²) in [7, 11) is 3.83. The van der Waals surface area contributed by atoms with Crippen LogP contribution in [0.15, 0.2) is 54.6 Å². The molecule has 0 unspecified atom stereocenters. The van der Waals surface area contributed by atoms with Crippen LogP contribution in [0, 0.1) is 11.3 Å². The summed E-state index contributed by atoms with van der Waals surface area (Å²) in [6, 6.07) is 19.9. The number of para-hydroxylation sites is 1. The first kappa shape index (κ1) is 18.9. The number of benzene rings is 2. The number of rotatable bonds is 4. The summed E-state index contributed by atoms with van der Waals surface area (Å²) >= 11 is 0. The first-order valence-electron chi connectivity index (χ1n) is 9.78. The van der Waals surface area contributed by atoms with Gasteiger partial charge < -0.3 is 14.5 Å². The van der Waals surface area contributed by atoms with Crippen molar-refractivity contribution >= 4 is 5.82 Å². The molecule has 1 fully saturated rings. The van der Waals surface area contributed by atoms with Gasteiger partial charge in [0.2, 0.25) is 0 Å². The number of methoxy groups -OCH3 is 1. The van der Waals surface area contributed by atoms with Crippen molar-refractivity contribution in [2.45, 2.75) is 0 Å². The van der Waals surface area contributed by atoms with Gasteiger partial charge in [0, 0.05) is 11.1 Å². The summed E-state index contributed by atoms with van der Waals surface area (Å²) < 4.78 is 5.56. The molecule has 1 aromatic heterocycles. The van der Waals surface area contributed by atoms with Crippen LogP contribution in [-0.2, 0) is 0 Å². The van der Waals surface area contributed by atoms with Crippen molar-refractivity contribution < 1.29 is 9.64 Å². The molecule has 0 saturated carbocycles. The van der Waals surface area contributed by atoms with Gasteiger partial charge in [-0.1, -0.05) is 42.5 Å². The van der Waals surface area contributed by atoms with E-state index in [0.29, 0.717) is 28.6 Å². The molecule has 29 heavy (non-hydrogen) atoms. The third-order valence-electron chi connectivity index (χ3n) is 5.31. The first-order valence-corrected chi connectivity index (χ1v) is 9.78. The van der Waals surface area contributed by atoms with Crippen molar-refractivity contribution in [1.29, 1.82) is 5.26 Å². The molecule has 3 aromatic rings. The van der Waals surface area contributed by atoms with Crippen molar-refractivity contribution in [3.8, 4) is 34.5 Å². The van der Waals surface area contributed by atoms with Crippen LogP contribution in [0.5, 0.6) is 5.75 Å². The molecular weight excluding hydrogens is 362 g/mol. The fraction of sp³-hybridized carbons (Fsp3) is 0.261. The second-order valence-corrected chi connectivity index (χ2v) is 7.22. The average Bonchev–Trinajstić information content (AvgIpc) is 2.79. The molecule has 146 valence electrons. The smallest absolute Gasteiger partial charge is 0.162 e. The predicted octanol–water partition coefficient (Wildman–Crippen LogP) is 2.03. The number of quaternary nitrogens is 1. The van der Waals surface area contributed by atoms with Gasteiger partial charge in [0.25, 0.3) is 0 Å². The van der Waals surface area contributed by atoms with Gasteiger partial charge in [-0.3, -0.25) is 0 Å². The predicted molar refractivity (Wildman–Crippen MR) is 113 cm³/mol. The Morgan fingerprint density at radius 2 is 1.69 bits per heavy atom. The zero-order valence-corrected chi connectivity index (χ0v) is 16.7. The van der Waals surface area contributed by atoms with Crippen LogP contribution in [0.3, 0.4) is 0 Å². The van der Waals surface area contributed by atoms with E-state index in [4.69, 9.17) is 14.7 Å². The van der Waals surface area contributed by atoms with Gasteiger partial charge in [0.1, 0.15) is 17.4 Å². The number of hydrogen-bond donors (Lipinski definition) is 1. The number of nitrogens with zero attached hydrogens (tertiary/aromatic N) is 4. The van der Waals surface area contributed by atoms with E-state index in [9.17, 15) is 5.26 Å². The Morgan fingerprint density at radius 3 is 2.38 bits per heavy atom. The van der Waals surface area contributed by atoms with Gasteiger partial charge in [0.15, 0.2) is 11.6 Å². The van der Waals surface area contributed by atoms with Crippen LogP contribution < -0.4 is 14.5 Å². The lowest BCUT2D eigenvalue weighted by molar-refractivity contribution is -0.880. The fourth-order valence-electron chi connectivity index (χ4n) is 3.63. The minimum absolute atomic E-state index is 0.494. The zero-order chi connectivity index (χ0) is 20.2. The van der Waals surface area contributed by atoms with Crippen LogP contribution in [0.25, 0.3) is 22.6 Å². The van der Waals surface area contributed by atoms with Crippen molar-refractivity contribution in [3.05, 3.63) is 60.2 Å². The standard InChI is InChI=1S/C23H23N5O/c1-27-12-14-28(15-13-27)23-19(16-24)21(18-10-6-7-11-20(18)29-2)25-22(26-23)17-8-4-3-5-9-17/h3-11H,12-15H2,1-2H3/p+1. The summed E-state index contributed by atoms with van der Waals surface area (Å²) in [5.41, 5.74) is 2.83. The summed E-state index contributed by atoms with van der Waals surface area (Å²) in [4.78, 5) is 13.4. The topological polar surface area (TPSA) is 66.5 Å². The van der Waals surface area contributed by atoms with E-state index in [0.717, 1.165) is 37.3 Å². The van der Waals surface area contributed by atoms with E-state index in [1.807, 2.05) is 54.6 Å². The van der Waals surface area contributed by atoms with Crippen molar-refractivity contribution in [1.82, 2.24) is 9.97 Å². The molecule has 2 heterocycles. The number of piperazine rings is 1. The van der Waals surface area contributed by atoms with E-state index in [1.165, 1.54) is 4.90 Å². The van der Waals surface area contributed by atoms with Crippen molar-refractivity contribution in [2.75, 3.05) is 45.2 Å². The highest BCUT2D eigenvalue weighted by atomic mass is 16.5. The number of nitriles is 1. The lowest BCUT2D eigenvalue weighted by Crippen LogP contribution is -3.12. The first-order chi connectivity index (χ1) is 14.2. The van der Waals surface area contributed by atoms with Crippen LogP contribution in [-0.4, -0.2) is 50.3 Å². The third kappa shape index (κ3) is 3.78. The molecule has 1 saturated heterocycles. The number of nitrogens with one attached hydrogen (secondary N) is 1. The van der Waals surface area contributed by atoms with Crippen LogP contribution in [0.2, 0.25) is 0 Å². The number of aromatic nitrogens is 2. The molecule has 0 bridgehead atoms. The molecule has 0 aliphatic carbocycles. The number of anilines is 1. The Morgan fingerprint density at radius 1 is 1.00 bits per heavy atom. The molecule has 0 radical (unpaired) electrons. The fourth-order valence-corrected chi connectivity index (χ4v) is 3.63. The van der Waals surface area contributed by atoms with Crippen LogP contribution >= 0.6 is 0 Å². The largest absolute Gasteiger partial charge is 0.496 e. The lowest BCUT2D eigenvalue weighted by Gasteiger charge is -2.31. The Kier molecular flexibility index (Phi) is 5.41. The molecule has 6 nitrogen and oxygen atoms in total. The van der Waals surface area contributed by atoms with E-state index in [1.54, 1.807) is 7.11 Å². The number of ether oxygens (including phenoxy) is 1. The minimum atomic E-state index is 0.494. The Hall–Kier alpha value is -3.43. The number of likely N-dealkylation sites (N-methyl/N-ethyl adjacent to an activating group) is 1. The Balaban J connectivity index is 1.94. The van der Waals surface area contributed by atoms with Gasteiger partial charge in [-0.25, -0.2) is 9.97 Å². The Labute approximate surface area is 171 Å². The molecule has 1 aliphatic rings. The van der Waals surface area contributed by atoms with Crippen molar-refractivity contribution in [2.24, 2.45) is 0 Å². The van der Waals surface area contributed by atoms with Gasteiger partial charge in [0.05, 0.1) is 46.0 Å². The molecular formula is C23H24N5O+. The van der Waals surface area contributed by atoms with Crippen LogP contribution in [0.4, 0.5) is 5.82 Å². The van der Waals surface area contributed by atoms with Gasteiger partial charge in [-0.05, 0) is 12.1 Å². The molecule has 4 rings (SSSR count). The normalized spacial score (nSPS) is 14.4. The van der Waals surface area contributed by atoms with Gasteiger partial charge in [-0.2, -0.15) is 5.26 Å². The second-order valence-electron chi connectivity index (χ2n) is 7.22. The SMILES string of the molecule is COc1ccccc1-c1nc(-c2ccccc2)nc(N2CC[NH+](C)CC2)c1C#N. The molecule has 2 aromatic carbocycles. The molecule has 1 N–H and O–H groups in total. The van der Waals surface area contributed by atoms with E-state index in [2.05, 4.69) is 18.0 Å². The minimum Gasteiger partial charge on any atom is -0.496 e. The maximum atomic E-state index is 10.1. The van der Waals surface area contributed by atoms with E-state index >= 15 is 0 Å². The highest BCUT2D eigenvalue weighted by Crippen LogP contribution is 2.35. The molecule has 0 amide bonds. The molecule has 1 aliphatic heterocycles. The Bertz CT molecular complexity index is 1040. The lowest BCUT2D eigenvalue weighted by atomic mass is 10.0. The van der Waals surface area contributed by atoms with E-state index in [-0.39, 0.29) is 0 Å². The van der Waals surface area contributed by atoms with Crippen molar-refractivity contribution in [3.63, 3.8) is 0 Å². The average molecular weight is 386 g/mol. The highest BCUT2D eigenvalue weighted by Gasteiger charge is 2.26. The summed E-state index contributed by atoms with van der Waals surface area (Å²) in [6.45, 7) is 3.74. The summed E-state index contributed by atoms with van der Waals surface area (Å²) in [5, 5.41) is 10.1. The summed E-state index contributed by atoms with van der Waals surface area (Å²) in [6.07, 6.45) is 0. The quantitative estimate of drug-likeness (QED) is 0.743. The molecule has 0 spiro atoms. The number of hydrogen-bond acceptors (Lipinski definition) is 5. The maximum Gasteiger partial charge on any atom is 0.162 e. The van der Waals surface area contributed by atoms with Crippen LogP contribution in [0.1, 0.15) is 5.56 Å². The third-order valence-corrected chi connectivity index (χ3v) is 5.31. The van der Waals surface area contributed by atoms with E-state index < -0.39 is 0 Å². The monoisotopic (exact) mass is 386 g/mol. The van der Waals surface area contributed by atoms with Gasteiger partial charge in [-0.15, -0.1) is 0 Å². The second kappa shape index (κ2) is 8.29. The molecule has 0 atom stereocenters. The summed E-state index contributed by atoms with van der Waals surface area (Å²) in [5.74, 6) is 2.01. The van der Waals surface area contributed by atoms with Gasteiger partial charge >= 0.3 is 0 Å².